The van der Waals surface area contributed by atoms with Crippen molar-refractivity contribution in [3.05, 3.63) is 10.4 Å². The van der Waals surface area contributed by atoms with Crippen molar-refractivity contribution in [1.29, 1.82) is 0 Å². The van der Waals surface area contributed by atoms with E-state index in [1.54, 1.807) is 13.8 Å². The number of hydrogen-bond donors (Lipinski definition) is 6. The summed E-state index contributed by atoms with van der Waals surface area (Å²) in [6.07, 6.45) is -9.04. The van der Waals surface area contributed by atoms with Gasteiger partial charge < -0.3 is 60.8 Å². The molecule has 35 heavy (non-hydrogen) atoms. The Balaban J connectivity index is 2.42. The summed E-state index contributed by atoms with van der Waals surface area (Å²) in [6.45, 7) is 3.04. The lowest BCUT2D eigenvalue weighted by Gasteiger charge is -2.49. The van der Waals surface area contributed by atoms with Gasteiger partial charge in [-0.3, -0.25) is 4.79 Å². The van der Waals surface area contributed by atoms with Crippen LogP contribution in [0.4, 0.5) is 0 Å². The van der Waals surface area contributed by atoms with Crippen molar-refractivity contribution >= 4 is 5.91 Å². The van der Waals surface area contributed by atoms with Crippen LogP contribution in [0, 0.1) is 16.3 Å². The van der Waals surface area contributed by atoms with Gasteiger partial charge in [0.25, 0.3) is 0 Å². The number of nitrogens with zero attached hydrogens (tertiary/aromatic N) is 3. The number of amides is 1. The number of ether oxygens (including phenoxy) is 4. The molecule has 0 aromatic rings. The van der Waals surface area contributed by atoms with E-state index in [1.807, 2.05) is 0 Å². The fraction of sp³-hybridized carbons (Fsp3) is 0.947. The lowest BCUT2D eigenvalue weighted by molar-refractivity contribution is -0.706. The van der Waals surface area contributed by atoms with E-state index in [9.17, 15) is 35.6 Å². The first kappa shape index (κ1) is 29.3. The van der Waals surface area contributed by atoms with Crippen molar-refractivity contribution in [2.24, 2.45) is 16.9 Å². The number of carbonyl (C=O) groups excluding carboxylic acids is 1. The normalized spacial score (nSPS) is 39.2. The lowest BCUT2D eigenvalue weighted by Crippen LogP contribution is -2.69. The summed E-state index contributed by atoms with van der Waals surface area (Å²) in [6, 6.07) is -3.11. The molecular weight excluding hydrogens is 474 g/mol. The molecule has 0 radical (unpaired) electrons. The van der Waals surface area contributed by atoms with Crippen molar-refractivity contribution in [1.82, 2.24) is 10.3 Å². The van der Waals surface area contributed by atoms with E-state index in [1.165, 1.54) is 14.0 Å². The Hall–Kier alpha value is -1.89. The Labute approximate surface area is 202 Å². The van der Waals surface area contributed by atoms with Crippen LogP contribution in [0.25, 0.3) is 0 Å². The van der Waals surface area contributed by atoms with Gasteiger partial charge in [0.2, 0.25) is 5.91 Å². The molecule has 2 aliphatic heterocycles. The van der Waals surface area contributed by atoms with Crippen LogP contribution in [0.15, 0.2) is 5.28 Å². The summed E-state index contributed by atoms with van der Waals surface area (Å²) in [4.78, 5) is 11.5. The SMILES string of the molecule is CO[C@@H]1OC(CO)[C@@H](O[C@@H]2OC(CO)[C@@H](C)[C@H](O)C2NC(C)=O)[C@H](O)C1N(CC(C)N)/[N+]([O-])=N/[O-]. The molecule has 16 nitrogen and oxygen atoms in total. The second kappa shape index (κ2) is 12.9. The third kappa shape index (κ3) is 6.66. The monoisotopic (exact) mass is 510 g/mol. The van der Waals surface area contributed by atoms with Crippen molar-refractivity contribution in [3.8, 4) is 0 Å². The standard InChI is InChI=1S/C19H37N5O11/c1-8(20)5-23(24(31)22-30)14-16(29)17(12(7-26)34-19(14)32-4)35-18-13(21-10(3)27)15(28)9(2)11(6-25)33-18/h8-9,11-19,25-26,28-30H,5-7,20H2,1-4H3,(H,21,27)/p-1/b24-22-/t8?,9-,11?,12?,13?,14?,15+,16-,17-,18+,19-/m1/s1. The topological polar surface area (TPSA) is 238 Å². The van der Waals surface area contributed by atoms with Gasteiger partial charge in [0.1, 0.15) is 24.4 Å². The van der Waals surface area contributed by atoms with Crippen molar-refractivity contribution in [2.75, 3.05) is 26.9 Å². The molecule has 2 heterocycles. The Kier molecular flexibility index (Phi) is 10.8. The van der Waals surface area contributed by atoms with Crippen molar-refractivity contribution < 1.29 is 49.1 Å². The number of aliphatic hydroxyl groups excluding tert-OH is 4. The summed E-state index contributed by atoms with van der Waals surface area (Å²) < 4.78 is 22.6. The van der Waals surface area contributed by atoms with Gasteiger partial charge in [0.15, 0.2) is 18.6 Å². The van der Waals surface area contributed by atoms with E-state index in [0.717, 1.165) is 5.01 Å². The van der Waals surface area contributed by atoms with E-state index in [4.69, 9.17) is 24.7 Å². The zero-order valence-corrected chi connectivity index (χ0v) is 20.0. The molecule has 2 rings (SSSR count). The van der Waals surface area contributed by atoms with Crippen LogP contribution in [0.3, 0.4) is 0 Å². The Bertz CT molecular complexity index is 717. The predicted molar refractivity (Wildman–Crippen MR) is 116 cm³/mol. The van der Waals surface area contributed by atoms with Crippen LogP contribution in [0.2, 0.25) is 0 Å². The molecule has 204 valence electrons. The molecule has 0 aromatic heterocycles. The minimum atomic E-state index is -1.64. The van der Waals surface area contributed by atoms with E-state index >= 15 is 0 Å². The highest BCUT2D eigenvalue weighted by Gasteiger charge is 2.54. The van der Waals surface area contributed by atoms with Crippen molar-refractivity contribution in [2.45, 2.75) is 82.0 Å². The third-order valence-electron chi connectivity index (χ3n) is 6.10. The van der Waals surface area contributed by atoms with Gasteiger partial charge in [0.05, 0.1) is 32.0 Å². The molecule has 5 unspecified atom stereocenters. The number of rotatable bonds is 10. The predicted octanol–water partition coefficient (Wildman–Crippen LogP) is -3.29. The molecule has 2 aliphatic rings. The zero-order chi connectivity index (χ0) is 26.4. The molecule has 0 aliphatic carbocycles. The zero-order valence-electron chi connectivity index (χ0n) is 20.0. The summed E-state index contributed by atoms with van der Waals surface area (Å²) in [5.74, 6) is -1.09. The van der Waals surface area contributed by atoms with Gasteiger partial charge in [-0.05, 0) is 12.2 Å². The van der Waals surface area contributed by atoms with Crippen LogP contribution in [0.5, 0.6) is 0 Å². The quantitative estimate of drug-likeness (QED) is 0.0960. The summed E-state index contributed by atoms with van der Waals surface area (Å²) in [5, 5.41) is 70.4. The van der Waals surface area contributed by atoms with Gasteiger partial charge in [-0.2, -0.15) is 0 Å². The Morgan fingerprint density at radius 2 is 1.83 bits per heavy atom. The van der Waals surface area contributed by atoms with Crippen LogP contribution in [-0.4, -0.2) is 124 Å². The lowest BCUT2D eigenvalue weighted by atomic mass is 9.89. The third-order valence-corrected chi connectivity index (χ3v) is 6.10. The molecule has 16 heteroatoms. The number of aliphatic hydroxyl groups is 4. The highest BCUT2D eigenvalue weighted by atomic mass is 16.7. The molecule has 0 aromatic carbocycles. The van der Waals surface area contributed by atoms with Gasteiger partial charge in [-0.15, -0.1) is 5.01 Å². The van der Waals surface area contributed by atoms with Crippen molar-refractivity contribution in [3.63, 3.8) is 0 Å². The summed E-state index contributed by atoms with van der Waals surface area (Å²) in [5.41, 5.74) is 5.79. The molecular formula is C19H36N5O11-. The number of methoxy groups -OCH3 is 1. The van der Waals surface area contributed by atoms with Crippen LogP contribution in [-0.2, 0) is 23.7 Å². The van der Waals surface area contributed by atoms with E-state index < -0.39 is 86.3 Å². The van der Waals surface area contributed by atoms with E-state index in [-0.39, 0.29) is 11.5 Å². The number of nitrogens with one attached hydrogen (secondary N) is 1. The molecule has 2 saturated heterocycles. The van der Waals surface area contributed by atoms with Gasteiger partial charge in [-0.25, -0.2) is 0 Å². The Morgan fingerprint density at radius 1 is 1.23 bits per heavy atom. The number of nitrogens with two attached hydrogens (primary N) is 1. The molecule has 0 saturated carbocycles. The van der Waals surface area contributed by atoms with Crippen LogP contribution >= 0.6 is 0 Å². The van der Waals surface area contributed by atoms with E-state index in [2.05, 4.69) is 10.6 Å². The maximum Gasteiger partial charge on any atom is 0.217 e. The fourth-order valence-electron chi connectivity index (χ4n) is 4.34. The second-order valence-corrected chi connectivity index (χ2v) is 8.78. The summed E-state index contributed by atoms with van der Waals surface area (Å²) >= 11 is 0. The van der Waals surface area contributed by atoms with Crippen LogP contribution < -0.4 is 11.1 Å². The van der Waals surface area contributed by atoms with E-state index in [0.29, 0.717) is 0 Å². The number of hydrazine groups is 1. The van der Waals surface area contributed by atoms with Gasteiger partial charge in [0, 0.05) is 31.0 Å². The average Bonchev–Trinajstić information content (AvgIpc) is 2.82. The average molecular weight is 511 g/mol. The maximum absolute atomic E-state index is 12.2. The molecule has 7 N–H and O–H groups in total. The smallest absolute Gasteiger partial charge is 0.217 e. The van der Waals surface area contributed by atoms with Gasteiger partial charge in [-0.1, -0.05) is 6.92 Å². The molecule has 11 atom stereocenters. The first-order valence-electron chi connectivity index (χ1n) is 11.2. The first-order chi connectivity index (χ1) is 16.5. The molecule has 0 bridgehead atoms. The second-order valence-electron chi connectivity index (χ2n) is 8.78. The minimum Gasteiger partial charge on any atom is -0.737 e. The van der Waals surface area contributed by atoms with Crippen LogP contribution in [0.1, 0.15) is 20.8 Å². The highest BCUT2D eigenvalue weighted by Crippen LogP contribution is 2.33. The largest absolute Gasteiger partial charge is 0.737 e. The minimum absolute atomic E-state index is 0.228. The first-order valence-corrected chi connectivity index (χ1v) is 11.2. The maximum atomic E-state index is 12.2. The molecule has 0 spiro atoms. The highest BCUT2D eigenvalue weighted by molar-refractivity contribution is 5.73. The fourth-order valence-corrected chi connectivity index (χ4v) is 4.34. The Morgan fingerprint density at radius 3 is 2.31 bits per heavy atom. The number of carbonyl (C=O) groups is 1. The van der Waals surface area contributed by atoms with Gasteiger partial charge >= 0.3 is 0 Å². The summed E-state index contributed by atoms with van der Waals surface area (Å²) in [7, 11) is 1.23. The molecule has 2 fully saturated rings. The molecule has 1 amide bonds. The number of hydrogen-bond acceptors (Lipinski definition) is 13.